The summed E-state index contributed by atoms with van der Waals surface area (Å²) in [5.41, 5.74) is 0.705. The largest absolute Gasteiger partial charge is 0.278 e. The topological polar surface area (TPSA) is 28.7 Å². The maximum atomic E-state index is 12.4. The van der Waals surface area contributed by atoms with Gasteiger partial charge in [-0.15, -0.1) is 0 Å². The number of hydrogen-bond acceptors (Lipinski definition) is 1. The molecule has 0 saturated carbocycles. The lowest BCUT2D eigenvalue weighted by molar-refractivity contribution is 0.627. The van der Waals surface area contributed by atoms with Gasteiger partial charge in [-0.05, 0) is 6.07 Å². The van der Waals surface area contributed by atoms with E-state index >= 15 is 0 Å². The van der Waals surface area contributed by atoms with Crippen molar-refractivity contribution in [2.24, 2.45) is 0 Å². The predicted octanol–water partition coefficient (Wildman–Crippen LogP) is 1.50. The number of aromatic nitrogens is 2. The number of H-pyrrole nitrogens is 1. The molecule has 0 saturated heterocycles. The maximum Gasteiger partial charge on any atom is 0.133 e. The Morgan fingerprint density at radius 3 is 3.40 bits per heavy atom. The molecule has 0 aliphatic heterocycles. The van der Waals surface area contributed by atoms with Crippen LogP contribution in [0.5, 0.6) is 0 Å². The highest BCUT2D eigenvalue weighted by molar-refractivity contribution is 5.77. The lowest BCUT2D eigenvalue weighted by Gasteiger charge is -1.85. The van der Waals surface area contributed by atoms with Gasteiger partial charge in [-0.2, -0.15) is 5.10 Å². The van der Waals surface area contributed by atoms with E-state index < -0.39 is 0 Å². The van der Waals surface area contributed by atoms with Gasteiger partial charge >= 0.3 is 0 Å². The van der Waals surface area contributed by atoms with Crippen LogP contribution in [0.3, 0.4) is 0 Å². The lowest BCUT2D eigenvalue weighted by atomic mass is 10.2. The molecule has 2 rings (SSSR count). The van der Waals surface area contributed by atoms with Crippen molar-refractivity contribution < 1.29 is 4.39 Å². The molecule has 1 aromatic heterocycles. The number of fused-ring (bicyclic) bond motifs is 1. The van der Waals surface area contributed by atoms with E-state index in [2.05, 4.69) is 16.3 Å². The van der Waals surface area contributed by atoms with Crippen molar-refractivity contribution in [3.8, 4) is 0 Å². The summed E-state index contributed by atoms with van der Waals surface area (Å²) in [5, 5.41) is 7.26. The van der Waals surface area contributed by atoms with Gasteiger partial charge in [-0.3, -0.25) is 5.10 Å². The molecule has 3 heteroatoms. The second kappa shape index (κ2) is 1.80. The first-order valence-electron chi connectivity index (χ1n) is 2.86. The summed E-state index contributed by atoms with van der Waals surface area (Å²) in [6.07, 6.45) is 1.63. The van der Waals surface area contributed by atoms with E-state index in [-0.39, 0.29) is 5.82 Å². The molecule has 2 aromatic rings. The molecule has 0 aliphatic rings. The molecular weight excluding hydrogens is 131 g/mol. The molecule has 1 N–H and O–H groups in total. The van der Waals surface area contributed by atoms with E-state index in [1.165, 1.54) is 6.07 Å². The Bertz CT molecular complexity index is 353. The molecule has 0 amide bonds. The molecule has 2 nitrogen and oxygen atoms in total. The summed E-state index contributed by atoms with van der Waals surface area (Å²) in [7, 11) is 0. The first-order chi connectivity index (χ1) is 4.86. The van der Waals surface area contributed by atoms with Gasteiger partial charge in [-0.1, -0.05) is 0 Å². The molecule has 10 heavy (non-hydrogen) atoms. The molecule has 1 aromatic carbocycles. The minimum Gasteiger partial charge on any atom is -0.278 e. The van der Waals surface area contributed by atoms with Crippen LogP contribution in [0.1, 0.15) is 0 Å². The SMILES string of the molecule is Fc1[c]cc2cn[nH]c2c1. The third-order valence-corrected chi connectivity index (χ3v) is 1.34. The van der Waals surface area contributed by atoms with Crippen molar-refractivity contribution in [1.82, 2.24) is 10.2 Å². The Morgan fingerprint density at radius 2 is 2.50 bits per heavy atom. The third kappa shape index (κ3) is 0.673. The monoisotopic (exact) mass is 135 g/mol. The fraction of sp³-hybridized carbons (Fsp3) is 0. The Hall–Kier alpha value is -1.38. The van der Waals surface area contributed by atoms with Crippen molar-refractivity contribution in [1.29, 1.82) is 0 Å². The first kappa shape index (κ1) is 5.41. The van der Waals surface area contributed by atoms with Gasteiger partial charge in [-0.25, -0.2) is 4.39 Å². The average molecular weight is 135 g/mol. The van der Waals surface area contributed by atoms with Crippen LogP contribution in [-0.4, -0.2) is 10.2 Å². The number of aromatic amines is 1. The summed E-state index contributed by atoms with van der Waals surface area (Å²) in [5.74, 6) is -0.364. The van der Waals surface area contributed by atoms with E-state index in [0.717, 1.165) is 5.39 Å². The van der Waals surface area contributed by atoms with Crippen LogP contribution in [0.25, 0.3) is 10.9 Å². The van der Waals surface area contributed by atoms with E-state index in [0.29, 0.717) is 5.52 Å². The number of hydrogen-bond donors (Lipinski definition) is 1. The normalized spacial score (nSPS) is 10.5. The minimum atomic E-state index is -0.364. The average Bonchev–Trinajstić information content (AvgIpc) is 2.33. The first-order valence-corrected chi connectivity index (χ1v) is 2.86. The van der Waals surface area contributed by atoms with E-state index in [9.17, 15) is 4.39 Å². The zero-order valence-corrected chi connectivity index (χ0v) is 5.06. The number of halogens is 1. The van der Waals surface area contributed by atoms with Gasteiger partial charge in [0.2, 0.25) is 0 Å². The lowest BCUT2D eigenvalue weighted by Crippen LogP contribution is -1.72. The van der Waals surface area contributed by atoms with Crippen LogP contribution >= 0.6 is 0 Å². The zero-order chi connectivity index (χ0) is 6.97. The quantitative estimate of drug-likeness (QED) is 0.582. The molecule has 0 unspecified atom stereocenters. The van der Waals surface area contributed by atoms with E-state index in [1.807, 2.05) is 0 Å². The highest BCUT2D eigenvalue weighted by atomic mass is 19.1. The highest BCUT2D eigenvalue weighted by Crippen LogP contribution is 2.10. The number of rotatable bonds is 0. The zero-order valence-electron chi connectivity index (χ0n) is 5.06. The van der Waals surface area contributed by atoms with E-state index in [1.54, 1.807) is 12.3 Å². The predicted molar refractivity (Wildman–Crippen MR) is 34.9 cm³/mol. The minimum absolute atomic E-state index is 0.364. The second-order valence-corrected chi connectivity index (χ2v) is 2.02. The maximum absolute atomic E-state index is 12.4. The number of nitrogens with one attached hydrogen (secondary N) is 1. The van der Waals surface area contributed by atoms with Crippen LogP contribution in [0.2, 0.25) is 0 Å². The third-order valence-electron chi connectivity index (χ3n) is 1.34. The Morgan fingerprint density at radius 1 is 1.60 bits per heavy atom. The molecule has 0 atom stereocenters. The summed E-state index contributed by atoms with van der Waals surface area (Å²) in [6.45, 7) is 0. The van der Waals surface area contributed by atoms with Gasteiger partial charge < -0.3 is 0 Å². The van der Waals surface area contributed by atoms with Crippen molar-refractivity contribution in [2.75, 3.05) is 0 Å². The van der Waals surface area contributed by atoms with Crippen molar-refractivity contribution in [3.05, 3.63) is 30.2 Å². The Kier molecular flexibility index (Phi) is 0.974. The number of benzene rings is 1. The second-order valence-electron chi connectivity index (χ2n) is 2.02. The summed E-state index contributed by atoms with van der Waals surface area (Å²) in [6, 6.07) is 5.36. The van der Waals surface area contributed by atoms with Crippen LogP contribution in [0, 0.1) is 11.9 Å². The highest BCUT2D eigenvalue weighted by Gasteiger charge is 1.95. The van der Waals surface area contributed by atoms with Crippen LogP contribution < -0.4 is 0 Å². The van der Waals surface area contributed by atoms with Crippen molar-refractivity contribution in [2.45, 2.75) is 0 Å². The van der Waals surface area contributed by atoms with Gasteiger partial charge in [0.15, 0.2) is 0 Å². The van der Waals surface area contributed by atoms with E-state index in [4.69, 9.17) is 0 Å². The fourth-order valence-electron chi connectivity index (χ4n) is 0.851. The summed E-state index contributed by atoms with van der Waals surface area (Å²) < 4.78 is 12.4. The molecule has 0 bridgehead atoms. The van der Waals surface area contributed by atoms with Crippen LogP contribution in [-0.2, 0) is 0 Å². The molecule has 0 spiro atoms. The smallest absolute Gasteiger partial charge is 0.133 e. The molecule has 1 radical (unpaired) electrons. The molecule has 1 heterocycles. The molecule has 49 valence electrons. The van der Waals surface area contributed by atoms with Crippen molar-refractivity contribution in [3.63, 3.8) is 0 Å². The molecule has 0 aliphatic carbocycles. The number of nitrogens with zero attached hydrogens (tertiary/aromatic N) is 1. The standard InChI is InChI=1S/C7H4FN2/c8-6-2-1-5-4-9-10-7(5)3-6/h1,3-4H,(H,9,10). The van der Waals surface area contributed by atoms with Gasteiger partial charge in [0.05, 0.1) is 11.7 Å². The van der Waals surface area contributed by atoms with Gasteiger partial charge in [0.1, 0.15) is 5.82 Å². The summed E-state index contributed by atoms with van der Waals surface area (Å²) >= 11 is 0. The fourth-order valence-corrected chi connectivity index (χ4v) is 0.851. The van der Waals surface area contributed by atoms with Gasteiger partial charge in [0, 0.05) is 17.5 Å². The van der Waals surface area contributed by atoms with Gasteiger partial charge in [0.25, 0.3) is 0 Å². The Labute approximate surface area is 56.7 Å². The molecule has 0 fully saturated rings. The molecular formula is C7H4FN2. The van der Waals surface area contributed by atoms with Crippen LogP contribution in [0.4, 0.5) is 4.39 Å². The van der Waals surface area contributed by atoms with Crippen molar-refractivity contribution >= 4 is 10.9 Å². The van der Waals surface area contributed by atoms with Crippen LogP contribution in [0.15, 0.2) is 18.3 Å². The Balaban J connectivity index is 2.86. The summed E-state index contributed by atoms with van der Waals surface area (Å²) in [4.78, 5) is 0.